The Hall–Kier alpha value is -0.120. The molecule has 1 atom stereocenters. The van der Waals surface area contributed by atoms with Crippen molar-refractivity contribution in [1.82, 2.24) is 5.32 Å². The lowest BCUT2D eigenvalue weighted by molar-refractivity contribution is -0.0756. The van der Waals surface area contributed by atoms with E-state index in [0.29, 0.717) is 0 Å². The monoisotopic (exact) mass is 132 g/mol. The van der Waals surface area contributed by atoms with Crippen LogP contribution in [0.2, 0.25) is 0 Å². The third kappa shape index (κ3) is 1.93. The summed E-state index contributed by atoms with van der Waals surface area (Å²) in [5, 5.41) is 11.9. The molecule has 0 rings (SSSR count). The summed E-state index contributed by atoms with van der Waals surface area (Å²) in [6, 6.07) is 0. The predicted molar refractivity (Wildman–Crippen MR) is 37.7 cm³/mol. The Balaban J connectivity index is 4.14. The van der Waals surface area contributed by atoms with Crippen molar-refractivity contribution < 1.29 is 5.11 Å². The Morgan fingerprint density at radius 3 is 1.67 bits per heavy atom. The minimum atomic E-state index is -1.27. The van der Waals surface area contributed by atoms with Crippen LogP contribution >= 0.6 is 0 Å². The number of aliphatic hydroxyl groups is 1. The fourth-order valence-corrected chi connectivity index (χ4v) is 0.375. The van der Waals surface area contributed by atoms with Gasteiger partial charge in [0.25, 0.3) is 0 Å². The van der Waals surface area contributed by atoms with Crippen molar-refractivity contribution >= 4 is 0 Å². The molecule has 0 amide bonds. The van der Waals surface area contributed by atoms with Crippen molar-refractivity contribution in [3.63, 3.8) is 0 Å². The molecule has 1 unspecified atom stereocenters. The molecule has 0 aliphatic heterocycles. The highest BCUT2D eigenvalue weighted by Gasteiger charge is 2.34. The van der Waals surface area contributed by atoms with E-state index in [-0.39, 0.29) is 5.41 Å². The molecule has 0 aromatic rings. The van der Waals surface area contributed by atoms with Gasteiger partial charge in [0.2, 0.25) is 0 Å². The van der Waals surface area contributed by atoms with Crippen molar-refractivity contribution in [2.24, 2.45) is 11.1 Å². The molecular weight excluding hydrogens is 116 g/mol. The number of rotatable bonds is 1. The van der Waals surface area contributed by atoms with Crippen LogP contribution < -0.4 is 11.1 Å². The van der Waals surface area contributed by atoms with Gasteiger partial charge in [0.05, 0.1) is 0 Å². The zero-order valence-electron chi connectivity index (χ0n) is 6.52. The lowest BCUT2D eigenvalue weighted by Crippen LogP contribution is -2.60. The Kier molecular flexibility index (Phi) is 2.22. The molecule has 0 bridgehead atoms. The average molecular weight is 132 g/mol. The van der Waals surface area contributed by atoms with Gasteiger partial charge in [0.1, 0.15) is 0 Å². The maximum atomic E-state index is 9.33. The summed E-state index contributed by atoms with van der Waals surface area (Å²) in [6.07, 6.45) is 0. The molecule has 3 heteroatoms. The minimum Gasteiger partial charge on any atom is -0.363 e. The molecule has 4 N–H and O–H groups in total. The average Bonchev–Trinajstić information content (AvgIpc) is 1.64. The van der Waals surface area contributed by atoms with E-state index in [0.717, 1.165) is 0 Å². The second kappa shape index (κ2) is 2.25. The van der Waals surface area contributed by atoms with E-state index in [1.807, 2.05) is 20.8 Å². The van der Waals surface area contributed by atoms with Crippen LogP contribution in [0.15, 0.2) is 0 Å². The highest BCUT2D eigenvalue weighted by Crippen LogP contribution is 2.22. The van der Waals surface area contributed by atoms with E-state index in [1.165, 1.54) is 0 Å². The van der Waals surface area contributed by atoms with Gasteiger partial charge in [0, 0.05) is 5.41 Å². The van der Waals surface area contributed by atoms with Crippen LogP contribution in [0.4, 0.5) is 0 Å². The van der Waals surface area contributed by atoms with Crippen LogP contribution in [-0.2, 0) is 0 Å². The van der Waals surface area contributed by atoms with Crippen LogP contribution in [0.5, 0.6) is 0 Å². The van der Waals surface area contributed by atoms with E-state index in [9.17, 15) is 5.11 Å². The van der Waals surface area contributed by atoms with Gasteiger partial charge in [-0.25, -0.2) is 0 Å². The molecule has 0 aromatic heterocycles. The lowest BCUT2D eigenvalue weighted by atomic mass is 9.90. The van der Waals surface area contributed by atoms with Gasteiger partial charge in [0.15, 0.2) is 5.85 Å². The van der Waals surface area contributed by atoms with Crippen LogP contribution in [0.3, 0.4) is 0 Å². The molecule has 56 valence electrons. The molecule has 0 radical (unpaired) electrons. The van der Waals surface area contributed by atoms with E-state index in [4.69, 9.17) is 5.73 Å². The fraction of sp³-hybridized carbons (Fsp3) is 1.00. The van der Waals surface area contributed by atoms with Gasteiger partial charge < -0.3 is 5.11 Å². The van der Waals surface area contributed by atoms with Gasteiger partial charge >= 0.3 is 0 Å². The molecule has 0 aliphatic rings. The summed E-state index contributed by atoms with van der Waals surface area (Å²) in [4.78, 5) is 0. The van der Waals surface area contributed by atoms with Gasteiger partial charge in [-0.2, -0.15) is 0 Å². The second-order valence-corrected chi connectivity index (χ2v) is 3.27. The number of hydrogen-bond acceptors (Lipinski definition) is 3. The normalized spacial score (nSPS) is 19.3. The number of nitrogens with one attached hydrogen (secondary N) is 1. The van der Waals surface area contributed by atoms with Crippen LogP contribution in [0, 0.1) is 5.41 Å². The quantitative estimate of drug-likeness (QED) is 0.435. The summed E-state index contributed by atoms with van der Waals surface area (Å²) in [7, 11) is 1.63. The summed E-state index contributed by atoms with van der Waals surface area (Å²) >= 11 is 0. The molecule has 0 aromatic carbocycles. The molecule has 0 spiro atoms. The summed E-state index contributed by atoms with van der Waals surface area (Å²) in [6.45, 7) is 5.59. The van der Waals surface area contributed by atoms with Gasteiger partial charge in [-0.1, -0.05) is 20.8 Å². The van der Waals surface area contributed by atoms with Crippen LogP contribution in [0.25, 0.3) is 0 Å². The topological polar surface area (TPSA) is 58.3 Å². The van der Waals surface area contributed by atoms with Gasteiger partial charge in [-0.05, 0) is 7.05 Å². The third-order valence-corrected chi connectivity index (χ3v) is 1.52. The number of hydrogen-bond donors (Lipinski definition) is 3. The van der Waals surface area contributed by atoms with E-state index < -0.39 is 5.85 Å². The maximum absolute atomic E-state index is 9.33. The fourth-order valence-electron chi connectivity index (χ4n) is 0.375. The molecule has 0 saturated heterocycles. The van der Waals surface area contributed by atoms with E-state index in [1.54, 1.807) is 7.05 Å². The summed E-state index contributed by atoms with van der Waals surface area (Å²) in [5.74, 6) is -1.27. The zero-order chi connectivity index (χ0) is 7.71. The molecular formula is C6H16N2O. The Labute approximate surface area is 56.2 Å². The van der Waals surface area contributed by atoms with Gasteiger partial charge in [-0.3, -0.25) is 11.1 Å². The zero-order valence-corrected chi connectivity index (χ0v) is 6.52. The SMILES string of the molecule is CNC(N)(O)C(C)(C)C. The molecule has 9 heavy (non-hydrogen) atoms. The van der Waals surface area contributed by atoms with E-state index >= 15 is 0 Å². The molecule has 0 aliphatic carbocycles. The highest BCUT2D eigenvalue weighted by molar-refractivity contribution is 4.80. The number of nitrogens with two attached hydrogens (primary N) is 1. The molecule has 0 fully saturated rings. The van der Waals surface area contributed by atoms with E-state index in [2.05, 4.69) is 5.32 Å². The maximum Gasteiger partial charge on any atom is 0.174 e. The smallest absolute Gasteiger partial charge is 0.174 e. The largest absolute Gasteiger partial charge is 0.363 e. The van der Waals surface area contributed by atoms with Crippen LogP contribution in [-0.4, -0.2) is 18.0 Å². The first-order valence-electron chi connectivity index (χ1n) is 3.01. The Morgan fingerprint density at radius 2 is 1.67 bits per heavy atom. The van der Waals surface area contributed by atoms with Crippen molar-refractivity contribution in [3.8, 4) is 0 Å². The minimum absolute atomic E-state index is 0.332. The first kappa shape index (κ1) is 8.88. The van der Waals surface area contributed by atoms with Crippen molar-refractivity contribution in [2.75, 3.05) is 7.05 Å². The standard InChI is InChI=1S/C6H16N2O/c1-5(2,3)6(7,9)8-4/h8-9H,7H2,1-4H3. The first-order valence-corrected chi connectivity index (χ1v) is 3.01. The lowest BCUT2D eigenvalue weighted by Gasteiger charge is -2.35. The Bertz CT molecular complexity index is 93.7. The molecule has 0 saturated carbocycles. The second-order valence-electron chi connectivity index (χ2n) is 3.27. The van der Waals surface area contributed by atoms with Crippen molar-refractivity contribution in [1.29, 1.82) is 0 Å². The third-order valence-electron chi connectivity index (χ3n) is 1.52. The molecule has 3 nitrogen and oxygen atoms in total. The molecule has 0 heterocycles. The first-order chi connectivity index (χ1) is 3.81. The summed E-state index contributed by atoms with van der Waals surface area (Å²) in [5.41, 5.74) is 5.11. The Morgan fingerprint density at radius 1 is 1.33 bits per heavy atom. The summed E-state index contributed by atoms with van der Waals surface area (Å²) < 4.78 is 0. The van der Waals surface area contributed by atoms with Crippen molar-refractivity contribution in [3.05, 3.63) is 0 Å². The highest BCUT2D eigenvalue weighted by atomic mass is 16.3. The van der Waals surface area contributed by atoms with Gasteiger partial charge in [-0.15, -0.1) is 0 Å². The van der Waals surface area contributed by atoms with Crippen molar-refractivity contribution in [2.45, 2.75) is 26.6 Å². The van der Waals surface area contributed by atoms with Crippen LogP contribution in [0.1, 0.15) is 20.8 Å². The predicted octanol–water partition coefficient (Wildman–Crippen LogP) is -0.143.